The fourth-order valence-electron chi connectivity index (χ4n) is 5.77. The van der Waals surface area contributed by atoms with E-state index in [9.17, 15) is 9.90 Å². The molecule has 3 atom stereocenters. The molecule has 0 spiro atoms. The Morgan fingerprint density at radius 3 is 2.53 bits per heavy atom. The molecule has 0 radical (unpaired) electrons. The zero-order valence-electron chi connectivity index (χ0n) is 19.3. The van der Waals surface area contributed by atoms with E-state index in [1.54, 1.807) is 0 Å². The van der Waals surface area contributed by atoms with Crippen molar-refractivity contribution in [2.45, 2.75) is 63.0 Å². The molecular formula is C27H37N2O3+. The Morgan fingerprint density at radius 1 is 1.09 bits per heavy atom. The third-order valence-electron chi connectivity index (χ3n) is 7.85. The Bertz CT molecular complexity index is 869. The summed E-state index contributed by atoms with van der Waals surface area (Å²) >= 11 is 0. The van der Waals surface area contributed by atoms with Crippen molar-refractivity contribution in [2.24, 2.45) is 5.92 Å². The minimum Gasteiger partial charge on any atom is -0.457 e. The van der Waals surface area contributed by atoms with Crippen molar-refractivity contribution in [3.8, 4) is 0 Å². The Labute approximate surface area is 192 Å². The lowest BCUT2D eigenvalue weighted by molar-refractivity contribution is -0.921. The van der Waals surface area contributed by atoms with Gasteiger partial charge in [-0.05, 0) is 42.5 Å². The van der Waals surface area contributed by atoms with E-state index in [-0.39, 0.29) is 5.92 Å². The van der Waals surface area contributed by atoms with E-state index in [4.69, 9.17) is 4.74 Å². The summed E-state index contributed by atoms with van der Waals surface area (Å²) in [5.41, 5.74) is 0.442. The van der Waals surface area contributed by atoms with Gasteiger partial charge in [-0.2, -0.15) is 0 Å². The van der Waals surface area contributed by atoms with Crippen LogP contribution in [0.25, 0.3) is 0 Å². The number of pyridine rings is 1. The fourth-order valence-corrected chi connectivity index (χ4v) is 5.77. The number of carbonyl (C=O) groups is 1. The third-order valence-corrected chi connectivity index (χ3v) is 7.85. The predicted octanol–water partition coefficient (Wildman–Crippen LogP) is 4.24. The number of benzene rings is 1. The molecular weight excluding hydrogens is 400 g/mol. The van der Waals surface area contributed by atoms with Crippen LogP contribution in [0, 0.1) is 5.92 Å². The Hall–Kier alpha value is -2.24. The predicted molar refractivity (Wildman–Crippen MR) is 125 cm³/mol. The zero-order valence-corrected chi connectivity index (χ0v) is 19.3. The molecule has 172 valence electrons. The highest BCUT2D eigenvalue weighted by Crippen LogP contribution is 2.41. The molecule has 2 heterocycles. The molecule has 1 aliphatic carbocycles. The molecule has 0 bridgehead atoms. The van der Waals surface area contributed by atoms with Gasteiger partial charge in [0.05, 0.1) is 20.1 Å². The van der Waals surface area contributed by atoms with Crippen molar-refractivity contribution in [2.75, 3.05) is 26.7 Å². The summed E-state index contributed by atoms with van der Waals surface area (Å²) in [7, 11) is 2.29. The SMILES string of the molecule is C[N+]1(CCCc2ccncc2)CCCC1COC(=O)[C@](O)(c1ccccc1)C1CCCC1. The normalized spacial score (nSPS) is 25.5. The number of nitrogens with zero attached hydrogens (tertiary/aromatic N) is 2. The summed E-state index contributed by atoms with van der Waals surface area (Å²) in [4.78, 5) is 17.4. The van der Waals surface area contributed by atoms with Crippen LogP contribution in [0.4, 0.5) is 0 Å². The quantitative estimate of drug-likeness (QED) is 0.471. The first-order chi connectivity index (χ1) is 15.5. The highest BCUT2D eigenvalue weighted by atomic mass is 16.6. The molecule has 1 aromatic carbocycles. The minimum absolute atomic E-state index is 0.0674. The fraction of sp³-hybridized carbons (Fsp3) is 0.556. The van der Waals surface area contributed by atoms with Gasteiger partial charge in [-0.3, -0.25) is 4.98 Å². The summed E-state index contributed by atoms with van der Waals surface area (Å²) in [6.07, 6.45) is 11.9. The molecule has 1 N–H and O–H groups in total. The number of likely N-dealkylation sites (N-methyl/N-ethyl adjacent to an activating group) is 1. The van der Waals surface area contributed by atoms with Crippen LogP contribution in [0.1, 0.15) is 56.1 Å². The van der Waals surface area contributed by atoms with Gasteiger partial charge in [0.25, 0.3) is 0 Å². The van der Waals surface area contributed by atoms with Crippen LogP contribution >= 0.6 is 0 Å². The summed E-state index contributed by atoms with van der Waals surface area (Å²) in [5.74, 6) is -0.534. The van der Waals surface area contributed by atoms with Crippen LogP contribution in [0.3, 0.4) is 0 Å². The Kier molecular flexibility index (Phi) is 7.27. The number of aromatic nitrogens is 1. The molecule has 1 aromatic heterocycles. The molecule has 1 saturated carbocycles. The van der Waals surface area contributed by atoms with Crippen molar-refractivity contribution in [1.82, 2.24) is 4.98 Å². The smallest absolute Gasteiger partial charge is 0.343 e. The molecule has 4 rings (SSSR count). The number of quaternary nitrogens is 1. The van der Waals surface area contributed by atoms with Crippen LogP contribution < -0.4 is 0 Å². The highest BCUT2D eigenvalue weighted by Gasteiger charge is 2.48. The standard InChI is InChI=1S/C27H37N2O3/c1-29(19-7-9-22-15-17-28-18-16-22)20-8-14-25(29)21-32-26(30)27(31,24-12-5-6-13-24)23-10-3-2-4-11-23/h2-4,10-11,15-18,24-25,31H,5-9,12-14,19-21H2,1H3/q+1/t25?,27-,29?/m0/s1. The molecule has 5 nitrogen and oxygen atoms in total. The number of hydrogen-bond donors (Lipinski definition) is 1. The lowest BCUT2D eigenvalue weighted by Gasteiger charge is -2.37. The number of rotatable bonds is 9. The lowest BCUT2D eigenvalue weighted by atomic mass is 9.80. The largest absolute Gasteiger partial charge is 0.457 e. The average molecular weight is 438 g/mol. The maximum Gasteiger partial charge on any atom is 0.343 e. The van der Waals surface area contributed by atoms with Gasteiger partial charge in [0.15, 0.2) is 5.60 Å². The Morgan fingerprint density at radius 2 is 1.81 bits per heavy atom. The van der Waals surface area contributed by atoms with Crippen LogP contribution in [0.15, 0.2) is 54.9 Å². The second-order valence-corrected chi connectivity index (χ2v) is 9.89. The van der Waals surface area contributed by atoms with Crippen molar-refractivity contribution >= 4 is 5.97 Å². The number of carbonyl (C=O) groups excluding carboxylic acids is 1. The van der Waals surface area contributed by atoms with Gasteiger partial charge in [0, 0.05) is 37.6 Å². The minimum atomic E-state index is -1.54. The van der Waals surface area contributed by atoms with Crippen molar-refractivity contribution < 1.29 is 19.1 Å². The summed E-state index contributed by atoms with van der Waals surface area (Å²) in [5, 5.41) is 11.6. The van der Waals surface area contributed by atoms with Crippen LogP contribution in [0.2, 0.25) is 0 Å². The third kappa shape index (κ3) is 4.89. The number of aryl methyl sites for hydroxylation is 1. The molecule has 2 aromatic rings. The zero-order chi connectivity index (χ0) is 22.4. The number of hydrogen-bond acceptors (Lipinski definition) is 4. The van der Waals surface area contributed by atoms with E-state index in [2.05, 4.69) is 24.2 Å². The van der Waals surface area contributed by atoms with E-state index in [1.807, 2.05) is 42.7 Å². The van der Waals surface area contributed by atoms with Crippen LogP contribution in [-0.2, 0) is 21.6 Å². The molecule has 2 fully saturated rings. The summed E-state index contributed by atoms with van der Waals surface area (Å²) < 4.78 is 6.84. The molecule has 0 amide bonds. The second-order valence-electron chi connectivity index (χ2n) is 9.89. The van der Waals surface area contributed by atoms with Gasteiger partial charge in [-0.25, -0.2) is 4.79 Å². The maximum absolute atomic E-state index is 13.3. The topological polar surface area (TPSA) is 59.4 Å². The molecule has 2 aliphatic rings. The molecule has 1 saturated heterocycles. The van der Waals surface area contributed by atoms with Gasteiger partial charge in [0.2, 0.25) is 0 Å². The van der Waals surface area contributed by atoms with E-state index in [1.165, 1.54) is 5.56 Å². The number of ether oxygens (including phenoxy) is 1. The van der Waals surface area contributed by atoms with Crippen molar-refractivity contribution in [3.63, 3.8) is 0 Å². The van der Waals surface area contributed by atoms with Gasteiger partial charge >= 0.3 is 5.97 Å². The van der Waals surface area contributed by atoms with E-state index in [0.29, 0.717) is 18.2 Å². The van der Waals surface area contributed by atoms with Gasteiger partial charge in [-0.1, -0.05) is 43.2 Å². The monoisotopic (exact) mass is 437 g/mol. The number of aliphatic hydroxyl groups is 1. The molecule has 5 heteroatoms. The van der Waals surface area contributed by atoms with Gasteiger partial charge < -0.3 is 14.3 Å². The van der Waals surface area contributed by atoms with Crippen LogP contribution in [0.5, 0.6) is 0 Å². The first-order valence-electron chi connectivity index (χ1n) is 12.2. The van der Waals surface area contributed by atoms with Gasteiger partial charge in [-0.15, -0.1) is 0 Å². The van der Waals surface area contributed by atoms with Crippen molar-refractivity contribution in [3.05, 3.63) is 66.0 Å². The lowest BCUT2D eigenvalue weighted by Crippen LogP contribution is -2.52. The summed E-state index contributed by atoms with van der Waals surface area (Å²) in [6.45, 7) is 2.56. The molecule has 1 aliphatic heterocycles. The number of esters is 1. The molecule has 32 heavy (non-hydrogen) atoms. The van der Waals surface area contributed by atoms with Crippen LogP contribution in [-0.4, -0.2) is 53.3 Å². The van der Waals surface area contributed by atoms with E-state index in [0.717, 1.165) is 68.9 Å². The average Bonchev–Trinajstić information content (AvgIpc) is 3.49. The van der Waals surface area contributed by atoms with E-state index >= 15 is 0 Å². The summed E-state index contributed by atoms with van der Waals surface area (Å²) in [6, 6.07) is 13.8. The highest BCUT2D eigenvalue weighted by molar-refractivity contribution is 5.81. The second kappa shape index (κ2) is 10.1. The first kappa shape index (κ1) is 22.9. The molecule has 2 unspecified atom stereocenters. The number of likely N-dealkylation sites (tertiary alicyclic amines) is 1. The van der Waals surface area contributed by atoms with Gasteiger partial charge in [0.1, 0.15) is 12.6 Å². The van der Waals surface area contributed by atoms with E-state index < -0.39 is 11.6 Å². The maximum atomic E-state index is 13.3. The first-order valence-corrected chi connectivity index (χ1v) is 12.2. The Balaban J connectivity index is 1.38. The van der Waals surface area contributed by atoms with Crippen molar-refractivity contribution in [1.29, 1.82) is 0 Å².